The summed E-state index contributed by atoms with van der Waals surface area (Å²) in [5.74, 6) is 0.971. The molecule has 3 N–H and O–H groups in total. The third-order valence-corrected chi connectivity index (χ3v) is 2.05. The lowest BCUT2D eigenvalue weighted by Crippen LogP contribution is -2.36. The molecule has 74 valence electrons. The topological polar surface area (TPSA) is 59.4 Å². The van der Waals surface area contributed by atoms with E-state index in [1.54, 1.807) is 12.1 Å². The van der Waals surface area contributed by atoms with E-state index in [9.17, 15) is 5.11 Å². The van der Waals surface area contributed by atoms with Crippen LogP contribution >= 0.6 is 0 Å². The number of hydrogen-bond donors (Lipinski definition) is 2. The van der Waals surface area contributed by atoms with Crippen LogP contribution in [0.4, 0.5) is 0 Å². The molecule has 3 heteroatoms. The van der Waals surface area contributed by atoms with Crippen molar-refractivity contribution in [1.29, 1.82) is 0 Å². The Labute approximate surface area is 78.5 Å². The lowest BCUT2D eigenvalue weighted by molar-refractivity contribution is 0.00756. The van der Waals surface area contributed by atoms with Crippen molar-refractivity contribution in [2.75, 3.05) is 0 Å². The second-order valence-electron chi connectivity index (χ2n) is 3.83. The molecule has 0 radical (unpaired) electrons. The number of furan rings is 1. The molecule has 1 atom stereocenters. The number of rotatable bonds is 4. The van der Waals surface area contributed by atoms with E-state index < -0.39 is 5.72 Å². The molecule has 0 saturated heterocycles. The second-order valence-corrected chi connectivity index (χ2v) is 3.83. The Bertz CT molecular complexity index is 239. The first-order chi connectivity index (χ1) is 6.02. The van der Waals surface area contributed by atoms with E-state index in [1.807, 2.05) is 0 Å². The highest BCUT2D eigenvalue weighted by atomic mass is 16.4. The maximum atomic E-state index is 9.81. The van der Waals surface area contributed by atoms with Crippen LogP contribution in [0.5, 0.6) is 0 Å². The highest BCUT2D eigenvalue weighted by Gasteiger charge is 2.26. The summed E-state index contributed by atoms with van der Waals surface area (Å²) in [6, 6.07) is 3.42. The first-order valence-electron chi connectivity index (χ1n) is 4.57. The van der Waals surface area contributed by atoms with Crippen LogP contribution in [0.3, 0.4) is 0 Å². The normalized spacial score (nSPS) is 16.1. The van der Waals surface area contributed by atoms with Crippen LogP contribution in [0.25, 0.3) is 0 Å². The highest BCUT2D eigenvalue weighted by molar-refractivity contribution is 5.06. The smallest absolute Gasteiger partial charge is 0.172 e. The monoisotopic (exact) mass is 183 g/mol. The van der Waals surface area contributed by atoms with Gasteiger partial charge in [0.2, 0.25) is 0 Å². The molecule has 0 aliphatic rings. The molecule has 0 bridgehead atoms. The predicted molar refractivity (Wildman–Crippen MR) is 50.9 cm³/mol. The van der Waals surface area contributed by atoms with Crippen molar-refractivity contribution in [3.63, 3.8) is 0 Å². The fourth-order valence-electron chi connectivity index (χ4n) is 1.16. The van der Waals surface area contributed by atoms with Crippen molar-refractivity contribution >= 4 is 0 Å². The summed E-state index contributed by atoms with van der Waals surface area (Å²) in [6.45, 7) is 4.19. The molecule has 13 heavy (non-hydrogen) atoms. The SMILES string of the molecule is CC(C)CC[C@](N)(O)c1ccco1. The van der Waals surface area contributed by atoms with Crippen molar-refractivity contribution in [2.24, 2.45) is 11.7 Å². The zero-order valence-electron chi connectivity index (χ0n) is 8.16. The van der Waals surface area contributed by atoms with Gasteiger partial charge in [-0.2, -0.15) is 0 Å². The molecule has 1 aromatic rings. The number of nitrogens with two attached hydrogens (primary N) is 1. The number of aliphatic hydroxyl groups is 1. The first kappa shape index (κ1) is 10.3. The summed E-state index contributed by atoms with van der Waals surface area (Å²) < 4.78 is 5.06. The van der Waals surface area contributed by atoms with Crippen LogP contribution in [-0.4, -0.2) is 5.11 Å². The Balaban J connectivity index is 2.56. The molecule has 3 nitrogen and oxygen atoms in total. The van der Waals surface area contributed by atoms with Crippen LogP contribution < -0.4 is 5.73 Å². The van der Waals surface area contributed by atoms with Gasteiger partial charge < -0.3 is 9.52 Å². The van der Waals surface area contributed by atoms with E-state index in [-0.39, 0.29) is 0 Å². The molecule has 1 rings (SSSR count). The van der Waals surface area contributed by atoms with E-state index in [0.717, 1.165) is 6.42 Å². The van der Waals surface area contributed by atoms with Crippen molar-refractivity contribution in [1.82, 2.24) is 0 Å². The molecule has 0 amide bonds. The third kappa shape index (κ3) is 2.86. The average molecular weight is 183 g/mol. The van der Waals surface area contributed by atoms with Crippen LogP contribution in [0.1, 0.15) is 32.4 Å². The summed E-state index contributed by atoms with van der Waals surface area (Å²) in [5, 5.41) is 9.81. The van der Waals surface area contributed by atoms with Crippen LogP contribution in [0.15, 0.2) is 22.8 Å². The predicted octanol–water partition coefficient (Wildman–Crippen LogP) is 1.82. The molecule has 0 fully saturated rings. The Morgan fingerprint density at radius 1 is 1.62 bits per heavy atom. The Kier molecular flexibility index (Phi) is 3.12. The van der Waals surface area contributed by atoms with Crippen molar-refractivity contribution in [3.05, 3.63) is 24.2 Å². The van der Waals surface area contributed by atoms with Gasteiger partial charge in [-0.25, -0.2) is 0 Å². The molecule has 1 heterocycles. The van der Waals surface area contributed by atoms with Crippen molar-refractivity contribution in [3.8, 4) is 0 Å². The second kappa shape index (κ2) is 3.94. The van der Waals surface area contributed by atoms with Gasteiger partial charge in [-0.3, -0.25) is 5.73 Å². The Hall–Kier alpha value is -0.800. The molecule has 0 saturated carbocycles. The molecule has 0 aliphatic carbocycles. The van der Waals surface area contributed by atoms with Gasteiger partial charge in [-0.1, -0.05) is 13.8 Å². The maximum Gasteiger partial charge on any atom is 0.172 e. The minimum absolute atomic E-state index is 0.438. The fourth-order valence-corrected chi connectivity index (χ4v) is 1.16. The standard InChI is InChI=1S/C10H17NO2/c1-8(2)5-6-10(11,12)9-4-3-7-13-9/h3-4,7-8,12H,5-6,11H2,1-2H3/t10-/m0/s1. The van der Waals surface area contributed by atoms with E-state index in [2.05, 4.69) is 13.8 Å². The van der Waals surface area contributed by atoms with E-state index in [1.165, 1.54) is 6.26 Å². The fraction of sp³-hybridized carbons (Fsp3) is 0.600. The van der Waals surface area contributed by atoms with Crippen LogP contribution in [0, 0.1) is 5.92 Å². The Morgan fingerprint density at radius 3 is 2.77 bits per heavy atom. The van der Waals surface area contributed by atoms with Gasteiger partial charge in [0.1, 0.15) is 5.76 Å². The minimum atomic E-state index is -1.31. The van der Waals surface area contributed by atoms with E-state index in [0.29, 0.717) is 18.1 Å². The zero-order valence-corrected chi connectivity index (χ0v) is 8.16. The third-order valence-electron chi connectivity index (χ3n) is 2.05. The van der Waals surface area contributed by atoms with Gasteiger partial charge in [0.25, 0.3) is 0 Å². The zero-order chi connectivity index (χ0) is 9.90. The first-order valence-corrected chi connectivity index (χ1v) is 4.57. The number of hydrogen-bond acceptors (Lipinski definition) is 3. The molecule has 0 unspecified atom stereocenters. The molecule has 0 aliphatic heterocycles. The van der Waals surface area contributed by atoms with Gasteiger partial charge in [-0.15, -0.1) is 0 Å². The Morgan fingerprint density at radius 2 is 2.31 bits per heavy atom. The van der Waals surface area contributed by atoms with Gasteiger partial charge in [0, 0.05) is 0 Å². The molecule has 1 aromatic heterocycles. The molecular weight excluding hydrogens is 166 g/mol. The average Bonchev–Trinajstić information content (AvgIpc) is 2.53. The lowest BCUT2D eigenvalue weighted by atomic mass is 9.99. The maximum absolute atomic E-state index is 9.81. The van der Waals surface area contributed by atoms with E-state index in [4.69, 9.17) is 10.2 Å². The van der Waals surface area contributed by atoms with Crippen LogP contribution in [-0.2, 0) is 5.72 Å². The summed E-state index contributed by atoms with van der Waals surface area (Å²) in [4.78, 5) is 0. The summed E-state index contributed by atoms with van der Waals surface area (Å²) in [5.41, 5.74) is 4.38. The lowest BCUT2D eigenvalue weighted by Gasteiger charge is -2.21. The summed E-state index contributed by atoms with van der Waals surface area (Å²) >= 11 is 0. The molecule has 0 spiro atoms. The molecular formula is C10H17NO2. The summed E-state index contributed by atoms with van der Waals surface area (Å²) in [7, 11) is 0. The van der Waals surface area contributed by atoms with E-state index >= 15 is 0 Å². The van der Waals surface area contributed by atoms with Crippen molar-refractivity contribution < 1.29 is 9.52 Å². The summed E-state index contributed by atoms with van der Waals surface area (Å²) in [6.07, 6.45) is 2.93. The van der Waals surface area contributed by atoms with Crippen molar-refractivity contribution in [2.45, 2.75) is 32.4 Å². The quantitative estimate of drug-likeness (QED) is 0.700. The largest absolute Gasteiger partial charge is 0.465 e. The minimum Gasteiger partial charge on any atom is -0.465 e. The van der Waals surface area contributed by atoms with Gasteiger partial charge >= 0.3 is 0 Å². The van der Waals surface area contributed by atoms with Crippen LogP contribution in [0.2, 0.25) is 0 Å². The highest BCUT2D eigenvalue weighted by Crippen LogP contribution is 2.22. The molecule has 0 aromatic carbocycles. The van der Waals surface area contributed by atoms with Gasteiger partial charge in [-0.05, 0) is 30.9 Å². The van der Waals surface area contributed by atoms with Gasteiger partial charge in [0.05, 0.1) is 6.26 Å². The van der Waals surface area contributed by atoms with Gasteiger partial charge in [0.15, 0.2) is 5.72 Å².